The van der Waals surface area contributed by atoms with E-state index in [9.17, 15) is 9.59 Å². The number of ether oxygens (including phenoxy) is 1. The number of rotatable bonds is 3. The van der Waals surface area contributed by atoms with Crippen LogP contribution in [0.15, 0.2) is 18.2 Å². The Bertz CT molecular complexity index is 434. The summed E-state index contributed by atoms with van der Waals surface area (Å²) in [7, 11) is 0. The van der Waals surface area contributed by atoms with E-state index in [1.165, 1.54) is 13.0 Å². The lowest BCUT2D eigenvalue weighted by molar-refractivity contribution is -0.125. The second kappa shape index (κ2) is 4.85. The largest absolute Gasteiger partial charge is 0.449 e. The molecule has 6 heteroatoms. The van der Waals surface area contributed by atoms with E-state index in [-0.39, 0.29) is 16.3 Å². The highest BCUT2D eigenvalue weighted by Crippen LogP contribution is 2.23. The third-order valence-electron chi connectivity index (χ3n) is 1.96. The van der Waals surface area contributed by atoms with Gasteiger partial charge in [0.05, 0.1) is 16.3 Å². The topological polar surface area (TPSA) is 95.4 Å². The second-order valence-electron chi connectivity index (χ2n) is 3.15. The molecule has 0 radical (unpaired) electrons. The Morgan fingerprint density at radius 2 is 2.06 bits per heavy atom. The quantitative estimate of drug-likeness (QED) is 0.609. The van der Waals surface area contributed by atoms with Crippen LogP contribution in [0.1, 0.15) is 17.3 Å². The number of hydrogen-bond acceptors (Lipinski definition) is 4. The second-order valence-corrected chi connectivity index (χ2v) is 3.56. The van der Waals surface area contributed by atoms with Crippen molar-refractivity contribution in [2.45, 2.75) is 13.0 Å². The van der Waals surface area contributed by atoms with Gasteiger partial charge in [0.1, 0.15) is 0 Å². The molecule has 1 atom stereocenters. The number of nitrogen functional groups attached to an aromatic ring is 1. The molecular formula is C10H11ClN2O3. The number of benzene rings is 1. The summed E-state index contributed by atoms with van der Waals surface area (Å²) in [5.41, 5.74) is 10.8. The Labute approximate surface area is 97.3 Å². The van der Waals surface area contributed by atoms with Crippen molar-refractivity contribution in [3.05, 3.63) is 28.8 Å². The molecule has 0 saturated heterocycles. The molecule has 16 heavy (non-hydrogen) atoms. The van der Waals surface area contributed by atoms with E-state index in [4.69, 9.17) is 27.8 Å². The van der Waals surface area contributed by atoms with E-state index in [1.54, 1.807) is 12.1 Å². The Kier molecular flexibility index (Phi) is 3.73. The van der Waals surface area contributed by atoms with Crippen LogP contribution in [0.25, 0.3) is 0 Å². The minimum absolute atomic E-state index is 0.112. The fourth-order valence-electron chi connectivity index (χ4n) is 0.997. The van der Waals surface area contributed by atoms with Gasteiger partial charge in [-0.25, -0.2) is 4.79 Å². The third-order valence-corrected chi connectivity index (χ3v) is 2.29. The van der Waals surface area contributed by atoms with E-state index < -0.39 is 18.0 Å². The SMILES string of the molecule is C[C@H](OC(=O)c1cccc(Cl)c1N)C(N)=O. The maximum absolute atomic E-state index is 11.6. The first-order valence-corrected chi connectivity index (χ1v) is 4.85. The molecule has 1 amide bonds. The molecule has 1 aromatic rings. The van der Waals surface area contributed by atoms with Gasteiger partial charge in [0, 0.05) is 0 Å². The predicted molar refractivity (Wildman–Crippen MR) is 59.9 cm³/mol. The standard InChI is InChI=1S/C10H11ClN2O3/c1-5(9(13)14)16-10(15)6-3-2-4-7(11)8(6)12/h2-5H,12H2,1H3,(H2,13,14)/t5-/m0/s1. The number of anilines is 1. The molecule has 1 aromatic carbocycles. The lowest BCUT2D eigenvalue weighted by Gasteiger charge is -2.11. The minimum Gasteiger partial charge on any atom is -0.449 e. The summed E-state index contributed by atoms with van der Waals surface area (Å²) >= 11 is 5.73. The van der Waals surface area contributed by atoms with Gasteiger partial charge in [-0.2, -0.15) is 0 Å². The number of carbonyl (C=O) groups excluding carboxylic acids is 2. The number of esters is 1. The zero-order chi connectivity index (χ0) is 12.3. The number of halogens is 1. The van der Waals surface area contributed by atoms with E-state index in [2.05, 4.69) is 0 Å². The number of para-hydroxylation sites is 1. The average Bonchev–Trinajstić information content (AvgIpc) is 2.21. The summed E-state index contributed by atoms with van der Waals surface area (Å²) in [6.07, 6.45) is -1.01. The first-order chi connectivity index (χ1) is 7.43. The number of hydrogen-bond donors (Lipinski definition) is 2. The molecule has 86 valence electrons. The van der Waals surface area contributed by atoms with Crippen LogP contribution in [0.2, 0.25) is 5.02 Å². The van der Waals surface area contributed by atoms with Crippen molar-refractivity contribution in [2.75, 3.05) is 5.73 Å². The molecule has 0 aliphatic rings. The van der Waals surface area contributed by atoms with E-state index in [1.807, 2.05) is 0 Å². The number of carbonyl (C=O) groups is 2. The number of amides is 1. The van der Waals surface area contributed by atoms with Crippen molar-refractivity contribution in [1.82, 2.24) is 0 Å². The van der Waals surface area contributed by atoms with Crippen molar-refractivity contribution < 1.29 is 14.3 Å². The van der Waals surface area contributed by atoms with Gasteiger partial charge in [-0.3, -0.25) is 4.79 Å². The van der Waals surface area contributed by atoms with E-state index in [0.29, 0.717) is 0 Å². The lowest BCUT2D eigenvalue weighted by atomic mass is 10.2. The molecule has 0 bridgehead atoms. The fraction of sp³-hybridized carbons (Fsp3) is 0.200. The Balaban J connectivity index is 2.89. The van der Waals surface area contributed by atoms with Crippen molar-refractivity contribution in [2.24, 2.45) is 5.73 Å². The third kappa shape index (κ3) is 2.64. The van der Waals surface area contributed by atoms with Crippen LogP contribution in [0.3, 0.4) is 0 Å². The van der Waals surface area contributed by atoms with Crippen molar-refractivity contribution in [3.63, 3.8) is 0 Å². The monoisotopic (exact) mass is 242 g/mol. The van der Waals surface area contributed by atoms with Gasteiger partial charge >= 0.3 is 5.97 Å². The maximum atomic E-state index is 11.6. The minimum atomic E-state index is -1.01. The average molecular weight is 243 g/mol. The molecule has 0 spiro atoms. The molecule has 4 N–H and O–H groups in total. The molecule has 0 heterocycles. The highest BCUT2D eigenvalue weighted by atomic mass is 35.5. The van der Waals surface area contributed by atoms with Crippen LogP contribution < -0.4 is 11.5 Å². The van der Waals surface area contributed by atoms with Gasteiger partial charge in [-0.05, 0) is 19.1 Å². The molecule has 0 aliphatic carbocycles. The zero-order valence-corrected chi connectivity index (χ0v) is 9.32. The molecule has 0 fully saturated rings. The lowest BCUT2D eigenvalue weighted by Crippen LogP contribution is -2.30. The van der Waals surface area contributed by atoms with Crippen LogP contribution in [0, 0.1) is 0 Å². The summed E-state index contributed by atoms with van der Waals surface area (Å²) in [6.45, 7) is 1.38. The highest BCUT2D eigenvalue weighted by Gasteiger charge is 2.18. The Morgan fingerprint density at radius 1 is 1.44 bits per heavy atom. The summed E-state index contributed by atoms with van der Waals surface area (Å²) in [6, 6.07) is 4.56. The van der Waals surface area contributed by atoms with Gasteiger partial charge in [0.25, 0.3) is 5.91 Å². The Hall–Kier alpha value is -1.75. The summed E-state index contributed by atoms with van der Waals surface area (Å²) in [5.74, 6) is -1.46. The van der Waals surface area contributed by atoms with Gasteiger partial charge < -0.3 is 16.2 Å². The first-order valence-electron chi connectivity index (χ1n) is 4.47. The van der Waals surface area contributed by atoms with E-state index >= 15 is 0 Å². The molecule has 0 saturated carbocycles. The van der Waals surface area contributed by atoms with Crippen molar-refractivity contribution >= 4 is 29.2 Å². The van der Waals surface area contributed by atoms with Crippen molar-refractivity contribution in [3.8, 4) is 0 Å². The molecule has 5 nitrogen and oxygen atoms in total. The van der Waals surface area contributed by atoms with Gasteiger partial charge in [0.2, 0.25) is 0 Å². The van der Waals surface area contributed by atoms with Crippen LogP contribution in [-0.2, 0) is 9.53 Å². The Morgan fingerprint density at radius 3 is 2.62 bits per heavy atom. The normalized spacial score (nSPS) is 11.9. The van der Waals surface area contributed by atoms with Gasteiger partial charge in [-0.15, -0.1) is 0 Å². The molecule has 0 unspecified atom stereocenters. The summed E-state index contributed by atoms with van der Waals surface area (Å²) in [4.78, 5) is 22.3. The molecule has 0 aliphatic heterocycles. The van der Waals surface area contributed by atoms with Crippen LogP contribution in [0.5, 0.6) is 0 Å². The van der Waals surface area contributed by atoms with Crippen LogP contribution in [-0.4, -0.2) is 18.0 Å². The number of nitrogens with two attached hydrogens (primary N) is 2. The smallest absolute Gasteiger partial charge is 0.341 e. The predicted octanol–water partition coefficient (Wildman–Crippen LogP) is 0.953. The summed E-state index contributed by atoms with van der Waals surface area (Å²) in [5, 5.41) is 0.251. The number of primary amides is 1. The van der Waals surface area contributed by atoms with E-state index in [0.717, 1.165) is 0 Å². The fourth-order valence-corrected chi connectivity index (χ4v) is 1.17. The maximum Gasteiger partial charge on any atom is 0.341 e. The zero-order valence-electron chi connectivity index (χ0n) is 8.57. The molecule has 0 aromatic heterocycles. The van der Waals surface area contributed by atoms with Gasteiger partial charge in [0.15, 0.2) is 6.10 Å². The molecular weight excluding hydrogens is 232 g/mol. The first kappa shape index (κ1) is 12.3. The summed E-state index contributed by atoms with van der Waals surface area (Å²) < 4.78 is 4.78. The molecule has 1 rings (SSSR count). The van der Waals surface area contributed by atoms with Crippen LogP contribution >= 0.6 is 11.6 Å². The van der Waals surface area contributed by atoms with Crippen LogP contribution in [0.4, 0.5) is 5.69 Å². The highest BCUT2D eigenvalue weighted by molar-refractivity contribution is 6.33. The van der Waals surface area contributed by atoms with Gasteiger partial charge in [-0.1, -0.05) is 17.7 Å². The van der Waals surface area contributed by atoms with Crippen molar-refractivity contribution in [1.29, 1.82) is 0 Å².